The van der Waals surface area contributed by atoms with Crippen molar-refractivity contribution in [3.63, 3.8) is 0 Å². The van der Waals surface area contributed by atoms with Gasteiger partial charge in [-0.3, -0.25) is 0 Å². The first-order chi connectivity index (χ1) is 16.2. The summed E-state index contributed by atoms with van der Waals surface area (Å²) in [5, 5.41) is 1.26. The highest BCUT2D eigenvalue weighted by molar-refractivity contribution is 5.94. The average molecular weight is 426 g/mol. The largest absolute Gasteiger partial charge is 0.343 e. The fourth-order valence-electron chi connectivity index (χ4n) is 4.93. The summed E-state index contributed by atoms with van der Waals surface area (Å²) in [5.74, 6) is 7.31. The lowest BCUT2D eigenvalue weighted by atomic mass is 9.71. The predicted octanol–water partition coefficient (Wildman–Crippen LogP) is 7.59. The molecule has 0 aliphatic heterocycles. The van der Waals surface area contributed by atoms with Gasteiger partial charge in [0.1, 0.15) is 0 Å². The maximum atomic E-state index is 3.78. The van der Waals surface area contributed by atoms with Crippen LogP contribution in [0.4, 0.5) is 0 Å². The van der Waals surface area contributed by atoms with Crippen LogP contribution in [0.1, 0.15) is 30.0 Å². The van der Waals surface area contributed by atoms with E-state index in [0.717, 1.165) is 12.0 Å². The van der Waals surface area contributed by atoms with Gasteiger partial charge < -0.3 is 4.57 Å². The first kappa shape index (κ1) is 20.9. The standard InChI is InChI=1S/C32H27N/c1-3-32(27-19-11-6-12-20-27,24-23-25-15-7-4-8-16-25)30-28-21-13-14-22-29(28)33(2)31(30)26-17-9-5-10-18-26/h4-22H,3H2,1-2H3. The lowest BCUT2D eigenvalue weighted by Crippen LogP contribution is -2.26. The number of hydrogen-bond donors (Lipinski definition) is 0. The minimum atomic E-state index is -0.455. The van der Waals surface area contributed by atoms with E-state index in [1.54, 1.807) is 0 Å². The number of aryl methyl sites for hydroxylation is 1. The molecule has 1 nitrogen and oxygen atoms in total. The van der Waals surface area contributed by atoms with Crippen molar-refractivity contribution in [3.8, 4) is 23.1 Å². The Morgan fingerprint density at radius 1 is 0.697 bits per heavy atom. The van der Waals surface area contributed by atoms with Crippen LogP contribution in [0.25, 0.3) is 22.2 Å². The third kappa shape index (κ3) is 3.65. The van der Waals surface area contributed by atoms with Gasteiger partial charge in [-0.05, 0) is 35.7 Å². The molecule has 1 atom stereocenters. The molecule has 1 heterocycles. The first-order valence-corrected chi connectivity index (χ1v) is 11.5. The number of para-hydroxylation sites is 1. The summed E-state index contributed by atoms with van der Waals surface area (Å²) in [4.78, 5) is 0. The van der Waals surface area contributed by atoms with Gasteiger partial charge in [0, 0.05) is 29.1 Å². The first-order valence-electron chi connectivity index (χ1n) is 11.5. The molecule has 160 valence electrons. The van der Waals surface area contributed by atoms with Crippen molar-refractivity contribution in [3.05, 3.63) is 132 Å². The molecule has 1 heteroatoms. The molecule has 0 bridgehead atoms. The minimum absolute atomic E-state index is 0.455. The topological polar surface area (TPSA) is 4.93 Å². The Balaban J connectivity index is 1.90. The lowest BCUT2D eigenvalue weighted by Gasteiger charge is -2.30. The summed E-state index contributed by atoms with van der Waals surface area (Å²) < 4.78 is 2.33. The number of rotatable bonds is 4. The Morgan fingerprint density at radius 2 is 1.27 bits per heavy atom. The molecule has 0 spiro atoms. The Bertz CT molecular complexity index is 1430. The fraction of sp³-hybridized carbons (Fsp3) is 0.125. The summed E-state index contributed by atoms with van der Waals surface area (Å²) >= 11 is 0. The Hall–Kier alpha value is -4.02. The zero-order valence-electron chi connectivity index (χ0n) is 19.1. The van der Waals surface area contributed by atoms with Gasteiger partial charge in [0.2, 0.25) is 0 Å². The molecule has 0 saturated heterocycles. The van der Waals surface area contributed by atoms with Crippen LogP contribution in [0.15, 0.2) is 115 Å². The molecule has 0 N–H and O–H groups in total. The van der Waals surface area contributed by atoms with Crippen molar-refractivity contribution in [1.82, 2.24) is 4.57 Å². The summed E-state index contributed by atoms with van der Waals surface area (Å²) in [6.07, 6.45) is 0.866. The van der Waals surface area contributed by atoms with E-state index in [1.807, 2.05) is 18.2 Å². The third-order valence-corrected chi connectivity index (χ3v) is 6.57. The molecular weight excluding hydrogens is 398 g/mol. The second kappa shape index (κ2) is 8.85. The zero-order chi connectivity index (χ0) is 22.7. The maximum absolute atomic E-state index is 3.78. The molecule has 0 saturated carbocycles. The van der Waals surface area contributed by atoms with E-state index in [1.165, 1.54) is 33.3 Å². The highest BCUT2D eigenvalue weighted by atomic mass is 15.0. The van der Waals surface area contributed by atoms with Crippen molar-refractivity contribution in [1.29, 1.82) is 0 Å². The van der Waals surface area contributed by atoms with Crippen LogP contribution in [-0.4, -0.2) is 4.57 Å². The number of hydrogen-bond acceptors (Lipinski definition) is 0. The zero-order valence-corrected chi connectivity index (χ0v) is 19.1. The molecule has 0 radical (unpaired) electrons. The molecule has 0 fully saturated rings. The molecule has 0 aliphatic rings. The van der Waals surface area contributed by atoms with Gasteiger partial charge in [0.15, 0.2) is 0 Å². The molecule has 0 aliphatic carbocycles. The summed E-state index contributed by atoms with van der Waals surface area (Å²) in [6, 6.07) is 40.5. The summed E-state index contributed by atoms with van der Waals surface area (Å²) in [7, 11) is 2.17. The van der Waals surface area contributed by atoms with Crippen LogP contribution in [0.5, 0.6) is 0 Å². The minimum Gasteiger partial charge on any atom is -0.343 e. The van der Waals surface area contributed by atoms with Crippen molar-refractivity contribution in [2.45, 2.75) is 18.8 Å². The van der Waals surface area contributed by atoms with Gasteiger partial charge in [-0.25, -0.2) is 0 Å². The van der Waals surface area contributed by atoms with E-state index in [9.17, 15) is 0 Å². The predicted molar refractivity (Wildman–Crippen MR) is 139 cm³/mol. The van der Waals surface area contributed by atoms with Crippen molar-refractivity contribution < 1.29 is 0 Å². The Kier molecular flexibility index (Phi) is 5.59. The summed E-state index contributed by atoms with van der Waals surface area (Å²) in [5.41, 5.74) is 6.75. The van der Waals surface area contributed by atoms with Crippen LogP contribution in [0.3, 0.4) is 0 Å². The van der Waals surface area contributed by atoms with Gasteiger partial charge >= 0.3 is 0 Å². The van der Waals surface area contributed by atoms with Crippen LogP contribution in [0, 0.1) is 11.8 Å². The number of benzene rings is 4. The normalized spacial score (nSPS) is 12.7. The second-order valence-electron chi connectivity index (χ2n) is 8.41. The van der Waals surface area contributed by atoms with E-state index in [-0.39, 0.29) is 0 Å². The van der Waals surface area contributed by atoms with E-state index >= 15 is 0 Å². The summed E-state index contributed by atoms with van der Waals surface area (Å²) in [6.45, 7) is 2.25. The van der Waals surface area contributed by atoms with Crippen molar-refractivity contribution in [2.24, 2.45) is 7.05 Å². The second-order valence-corrected chi connectivity index (χ2v) is 8.41. The van der Waals surface area contributed by atoms with Crippen LogP contribution < -0.4 is 0 Å². The van der Waals surface area contributed by atoms with Crippen LogP contribution >= 0.6 is 0 Å². The van der Waals surface area contributed by atoms with Gasteiger partial charge in [-0.15, -0.1) is 0 Å². The maximum Gasteiger partial charge on any atom is 0.0839 e. The lowest BCUT2D eigenvalue weighted by molar-refractivity contribution is 0.645. The molecule has 4 aromatic carbocycles. The fourth-order valence-corrected chi connectivity index (χ4v) is 4.93. The molecule has 1 aromatic heterocycles. The van der Waals surface area contributed by atoms with Crippen molar-refractivity contribution >= 4 is 10.9 Å². The van der Waals surface area contributed by atoms with Gasteiger partial charge in [-0.2, -0.15) is 0 Å². The number of aromatic nitrogens is 1. The molecular formula is C32H27N. The highest BCUT2D eigenvalue weighted by Gasteiger charge is 2.37. The Labute approximate surface area is 196 Å². The van der Waals surface area contributed by atoms with Gasteiger partial charge in [0.25, 0.3) is 0 Å². The van der Waals surface area contributed by atoms with Crippen LogP contribution in [0.2, 0.25) is 0 Å². The molecule has 1 unspecified atom stereocenters. The van der Waals surface area contributed by atoms with Gasteiger partial charge in [0.05, 0.1) is 11.1 Å². The Morgan fingerprint density at radius 3 is 1.94 bits per heavy atom. The van der Waals surface area contributed by atoms with Gasteiger partial charge in [-0.1, -0.05) is 116 Å². The monoisotopic (exact) mass is 425 g/mol. The van der Waals surface area contributed by atoms with E-state index in [0.29, 0.717) is 0 Å². The average Bonchev–Trinajstić information content (AvgIpc) is 3.19. The van der Waals surface area contributed by atoms with Crippen LogP contribution in [-0.2, 0) is 12.5 Å². The smallest absolute Gasteiger partial charge is 0.0839 e. The molecule has 5 aromatic rings. The molecule has 5 rings (SSSR count). The van der Waals surface area contributed by atoms with Crippen molar-refractivity contribution in [2.75, 3.05) is 0 Å². The SMILES string of the molecule is CCC(C#Cc1ccccc1)(c1ccccc1)c1c(-c2ccccc2)n(C)c2ccccc12. The highest BCUT2D eigenvalue weighted by Crippen LogP contribution is 2.45. The molecule has 33 heavy (non-hydrogen) atoms. The molecule has 0 amide bonds. The number of nitrogens with zero attached hydrogens (tertiary/aromatic N) is 1. The van der Waals surface area contributed by atoms with E-state index in [2.05, 4.69) is 127 Å². The quantitative estimate of drug-likeness (QED) is 0.261. The third-order valence-electron chi connectivity index (χ3n) is 6.57. The van der Waals surface area contributed by atoms with E-state index < -0.39 is 5.41 Å². The van der Waals surface area contributed by atoms with E-state index in [4.69, 9.17) is 0 Å². The number of fused-ring (bicyclic) bond motifs is 1.